The Bertz CT molecular complexity index is 437. The van der Waals surface area contributed by atoms with E-state index < -0.39 is 0 Å². The van der Waals surface area contributed by atoms with Crippen LogP contribution in [0.2, 0.25) is 0 Å². The molecule has 0 spiro atoms. The van der Waals surface area contributed by atoms with Gasteiger partial charge in [-0.1, -0.05) is 25.8 Å². The molecule has 0 saturated carbocycles. The summed E-state index contributed by atoms with van der Waals surface area (Å²) in [4.78, 5) is 7.04. The molecule has 0 unspecified atom stereocenters. The van der Waals surface area contributed by atoms with E-state index in [0.29, 0.717) is 5.69 Å². The van der Waals surface area contributed by atoms with E-state index in [9.17, 15) is 5.11 Å². The number of pyridine rings is 1. The van der Waals surface area contributed by atoms with Gasteiger partial charge in [-0.2, -0.15) is 0 Å². The summed E-state index contributed by atoms with van der Waals surface area (Å²) in [5, 5.41) is 9.59. The van der Waals surface area contributed by atoms with Gasteiger partial charge in [0, 0.05) is 5.69 Å². The van der Waals surface area contributed by atoms with Gasteiger partial charge < -0.3 is 10.0 Å². The first-order valence-electron chi connectivity index (χ1n) is 8.33. The molecule has 0 amide bonds. The summed E-state index contributed by atoms with van der Waals surface area (Å²) < 4.78 is 0. The van der Waals surface area contributed by atoms with Gasteiger partial charge in [0.25, 0.3) is 0 Å². The van der Waals surface area contributed by atoms with Crippen LogP contribution in [0.25, 0.3) is 6.08 Å². The molecule has 116 valence electrons. The van der Waals surface area contributed by atoms with Crippen molar-refractivity contribution >= 4 is 6.08 Å². The Labute approximate surface area is 128 Å². The maximum absolute atomic E-state index is 9.59. The molecule has 1 aromatic rings. The van der Waals surface area contributed by atoms with E-state index in [-0.39, 0.29) is 5.75 Å². The van der Waals surface area contributed by atoms with Crippen LogP contribution < -0.4 is 0 Å². The van der Waals surface area contributed by atoms with E-state index in [4.69, 9.17) is 0 Å². The van der Waals surface area contributed by atoms with Crippen molar-refractivity contribution in [2.45, 2.75) is 51.4 Å². The Morgan fingerprint density at radius 1 is 1.10 bits per heavy atom. The highest BCUT2D eigenvalue weighted by atomic mass is 16.3. The fourth-order valence-corrected chi connectivity index (χ4v) is 2.98. The molecular formula is C18H28N2O. The topological polar surface area (TPSA) is 36.4 Å². The number of rotatable bonds is 6. The van der Waals surface area contributed by atoms with Crippen molar-refractivity contribution in [2.75, 3.05) is 19.6 Å². The minimum absolute atomic E-state index is 0.217. The highest BCUT2D eigenvalue weighted by Gasteiger charge is 2.08. The number of unbranched alkanes of at least 4 members (excludes halogenated alkanes) is 1. The smallest absolute Gasteiger partial charge is 0.141 e. The first-order valence-corrected chi connectivity index (χ1v) is 8.33. The summed E-state index contributed by atoms with van der Waals surface area (Å²) in [6.07, 6.45) is 11.9. The summed E-state index contributed by atoms with van der Waals surface area (Å²) in [5.74, 6) is 0.217. The minimum atomic E-state index is 0.217. The highest BCUT2D eigenvalue weighted by molar-refractivity contribution is 5.50. The highest BCUT2D eigenvalue weighted by Crippen LogP contribution is 2.17. The maximum Gasteiger partial charge on any atom is 0.141 e. The molecule has 1 aliphatic heterocycles. The van der Waals surface area contributed by atoms with Crippen LogP contribution in [0.5, 0.6) is 5.75 Å². The SMILES string of the molecule is C=Cc1nc(CCCCN2CCCCCCC2)ccc1O. The number of hydrogen-bond donors (Lipinski definition) is 1. The Kier molecular flexibility index (Phi) is 6.74. The van der Waals surface area contributed by atoms with Gasteiger partial charge in [0.05, 0.1) is 0 Å². The van der Waals surface area contributed by atoms with E-state index in [1.54, 1.807) is 12.1 Å². The van der Waals surface area contributed by atoms with Crippen LogP contribution in [0, 0.1) is 0 Å². The molecular weight excluding hydrogens is 260 g/mol. The monoisotopic (exact) mass is 288 g/mol. The summed E-state index contributed by atoms with van der Waals surface area (Å²) in [6, 6.07) is 3.64. The Balaban J connectivity index is 1.70. The second-order valence-corrected chi connectivity index (χ2v) is 5.98. The van der Waals surface area contributed by atoms with Gasteiger partial charge in [-0.25, -0.2) is 4.98 Å². The van der Waals surface area contributed by atoms with Crippen molar-refractivity contribution < 1.29 is 5.11 Å². The van der Waals surface area contributed by atoms with Crippen molar-refractivity contribution in [1.82, 2.24) is 9.88 Å². The zero-order valence-corrected chi connectivity index (χ0v) is 13.1. The number of aromatic nitrogens is 1. The molecule has 0 aromatic carbocycles. The maximum atomic E-state index is 9.59. The van der Waals surface area contributed by atoms with Crippen molar-refractivity contribution in [3.63, 3.8) is 0 Å². The molecule has 1 aromatic heterocycles. The molecule has 3 heteroatoms. The largest absolute Gasteiger partial charge is 0.506 e. The Hall–Kier alpha value is -1.35. The lowest BCUT2D eigenvalue weighted by Crippen LogP contribution is -2.28. The fraction of sp³-hybridized carbons (Fsp3) is 0.611. The first kappa shape index (κ1) is 16.0. The third kappa shape index (κ3) is 5.50. The first-order chi connectivity index (χ1) is 10.3. The molecule has 2 rings (SSSR count). The molecule has 0 radical (unpaired) electrons. The average molecular weight is 288 g/mol. The van der Waals surface area contributed by atoms with Crippen molar-refractivity contribution in [1.29, 1.82) is 0 Å². The molecule has 21 heavy (non-hydrogen) atoms. The van der Waals surface area contributed by atoms with E-state index in [1.807, 2.05) is 6.07 Å². The lowest BCUT2D eigenvalue weighted by molar-refractivity contribution is 0.243. The molecule has 1 saturated heterocycles. The fourth-order valence-electron chi connectivity index (χ4n) is 2.98. The van der Waals surface area contributed by atoms with Crippen LogP contribution in [-0.4, -0.2) is 34.6 Å². The number of aromatic hydroxyl groups is 1. The number of aryl methyl sites for hydroxylation is 1. The third-order valence-electron chi connectivity index (χ3n) is 4.26. The molecule has 0 aliphatic carbocycles. The van der Waals surface area contributed by atoms with Crippen LogP contribution in [0.4, 0.5) is 0 Å². The van der Waals surface area contributed by atoms with Crippen molar-refractivity contribution in [2.24, 2.45) is 0 Å². The molecule has 3 nitrogen and oxygen atoms in total. The molecule has 1 N–H and O–H groups in total. The van der Waals surface area contributed by atoms with E-state index in [2.05, 4.69) is 16.5 Å². The van der Waals surface area contributed by atoms with Gasteiger partial charge in [-0.05, 0) is 69.9 Å². The normalized spacial score (nSPS) is 17.1. The van der Waals surface area contributed by atoms with Gasteiger partial charge >= 0.3 is 0 Å². The average Bonchev–Trinajstić information content (AvgIpc) is 2.46. The number of likely N-dealkylation sites (tertiary alicyclic amines) is 1. The van der Waals surface area contributed by atoms with Gasteiger partial charge in [0.15, 0.2) is 0 Å². The molecule has 1 fully saturated rings. The molecule has 0 atom stereocenters. The number of hydrogen-bond acceptors (Lipinski definition) is 3. The summed E-state index contributed by atoms with van der Waals surface area (Å²) in [6.45, 7) is 7.44. The van der Waals surface area contributed by atoms with Crippen LogP contribution in [-0.2, 0) is 6.42 Å². The quantitative estimate of drug-likeness (QED) is 0.803. The zero-order valence-electron chi connectivity index (χ0n) is 13.1. The van der Waals surface area contributed by atoms with Crippen molar-refractivity contribution in [3.05, 3.63) is 30.1 Å². The summed E-state index contributed by atoms with van der Waals surface area (Å²) in [5.41, 5.74) is 1.65. The third-order valence-corrected chi connectivity index (χ3v) is 4.26. The van der Waals surface area contributed by atoms with Crippen LogP contribution in [0.3, 0.4) is 0 Å². The Morgan fingerprint density at radius 3 is 2.52 bits per heavy atom. The zero-order chi connectivity index (χ0) is 14.9. The van der Waals surface area contributed by atoms with Gasteiger partial charge in [-0.15, -0.1) is 0 Å². The molecule has 2 heterocycles. The van der Waals surface area contributed by atoms with Gasteiger partial charge in [-0.3, -0.25) is 0 Å². The second-order valence-electron chi connectivity index (χ2n) is 5.98. The van der Waals surface area contributed by atoms with Crippen LogP contribution in [0.15, 0.2) is 18.7 Å². The lowest BCUT2D eigenvalue weighted by atomic mass is 10.1. The standard InChI is InChI=1S/C18H28N2O/c1-2-17-18(21)12-11-16(19-17)10-6-9-15-20-13-7-4-3-5-8-14-20/h2,11-12,21H,1,3-10,13-15H2. The van der Waals surface area contributed by atoms with Crippen LogP contribution in [0.1, 0.15) is 56.3 Å². The molecule has 1 aliphatic rings. The Morgan fingerprint density at radius 2 is 1.81 bits per heavy atom. The molecule has 0 bridgehead atoms. The lowest BCUT2D eigenvalue weighted by Gasteiger charge is -2.24. The predicted octanol–water partition coefficient (Wildman–Crippen LogP) is 4.02. The predicted molar refractivity (Wildman–Crippen MR) is 88.5 cm³/mol. The van der Waals surface area contributed by atoms with E-state index in [1.165, 1.54) is 58.2 Å². The summed E-state index contributed by atoms with van der Waals surface area (Å²) in [7, 11) is 0. The van der Waals surface area contributed by atoms with Crippen molar-refractivity contribution in [3.8, 4) is 5.75 Å². The van der Waals surface area contributed by atoms with Gasteiger partial charge in [0.1, 0.15) is 11.4 Å². The summed E-state index contributed by atoms with van der Waals surface area (Å²) >= 11 is 0. The number of nitrogens with zero attached hydrogens (tertiary/aromatic N) is 2. The van der Waals surface area contributed by atoms with E-state index in [0.717, 1.165) is 18.5 Å². The van der Waals surface area contributed by atoms with Crippen LogP contribution >= 0.6 is 0 Å². The van der Waals surface area contributed by atoms with E-state index >= 15 is 0 Å². The second kappa shape index (κ2) is 8.83. The minimum Gasteiger partial charge on any atom is -0.506 e. The van der Waals surface area contributed by atoms with Gasteiger partial charge in [0.2, 0.25) is 0 Å².